The lowest BCUT2D eigenvalue weighted by Gasteiger charge is -2.07. The number of benzene rings is 1. The summed E-state index contributed by atoms with van der Waals surface area (Å²) in [5, 5.41) is 25.0. The highest BCUT2D eigenvalue weighted by atomic mass is 16.5. The van der Waals surface area contributed by atoms with Gasteiger partial charge in [0.05, 0.1) is 7.11 Å². The maximum absolute atomic E-state index is 9.20. The van der Waals surface area contributed by atoms with Crippen molar-refractivity contribution in [1.82, 2.24) is 9.66 Å². The summed E-state index contributed by atoms with van der Waals surface area (Å²) >= 11 is 0. The summed E-state index contributed by atoms with van der Waals surface area (Å²) in [4.78, 5) is 8.18. The summed E-state index contributed by atoms with van der Waals surface area (Å²) < 4.78 is 6.15. The first-order valence-corrected chi connectivity index (χ1v) is 6.72. The van der Waals surface area contributed by atoms with Crippen LogP contribution in [0.3, 0.4) is 0 Å². The molecular formula is C15H14N8O. The minimum absolute atomic E-state index is 0.0630. The first kappa shape index (κ1) is 16.5. The molecule has 0 radical (unpaired) electrons. The molecule has 9 heteroatoms. The Bertz CT molecular complexity index is 899. The number of nitrogens with one attached hydrogen (secondary N) is 1. The van der Waals surface area contributed by atoms with Gasteiger partial charge < -0.3 is 15.8 Å². The molecule has 9 nitrogen and oxygen atoms in total. The lowest BCUT2D eigenvalue weighted by atomic mass is 10.2. The summed E-state index contributed by atoms with van der Waals surface area (Å²) in [6.07, 6.45) is 0. The molecule has 0 aliphatic heterocycles. The molecule has 120 valence electrons. The summed E-state index contributed by atoms with van der Waals surface area (Å²) in [5.74, 6) is 0.656. The molecule has 0 atom stereocenters. The Labute approximate surface area is 138 Å². The molecule has 24 heavy (non-hydrogen) atoms. The second kappa shape index (κ2) is 7.42. The Kier molecular flexibility index (Phi) is 5.11. The van der Waals surface area contributed by atoms with E-state index in [-0.39, 0.29) is 29.4 Å². The number of nitrogens with zero attached hydrogens (tertiary/aromatic N) is 6. The zero-order chi connectivity index (χ0) is 17.5. The summed E-state index contributed by atoms with van der Waals surface area (Å²) in [7, 11) is 1.59. The molecule has 0 saturated carbocycles. The van der Waals surface area contributed by atoms with E-state index in [1.165, 1.54) is 0 Å². The average Bonchev–Trinajstić information content (AvgIpc) is 2.61. The summed E-state index contributed by atoms with van der Waals surface area (Å²) in [5.41, 5.74) is 6.45. The molecule has 2 rings (SSSR count). The highest BCUT2D eigenvalue weighted by molar-refractivity contribution is 5.54. The first-order chi connectivity index (χ1) is 11.6. The first-order valence-electron chi connectivity index (χ1n) is 6.72. The Hall–Kier alpha value is -3.85. The van der Waals surface area contributed by atoms with Gasteiger partial charge in [0, 0.05) is 12.4 Å². The molecule has 0 bridgehead atoms. The van der Waals surface area contributed by atoms with E-state index in [9.17, 15) is 5.26 Å². The second-order valence-electron chi connectivity index (χ2n) is 4.42. The molecule has 1 aromatic carbocycles. The fourth-order valence-corrected chi connectivity index (χ4v) is 1.90. The van der Waals surface area contributed by atoms with E-state index in [0.29, 0.717) is 0 Å². The number of nitriles is 2. The topological polar surface area (TPSA) is 137 Å². The van der Waals surface area contributed by atoms with Crippen LogP contribution in [0.5, 0.6) is 5.75 Å². The predicted molar refractivity (Wildman–Crippen MR) is 88.1 cm³/mol. The Morgan fingerprint density at radius 2 is 2.04 bits per heavy atom. The quantitative estimate of drug-likeness (QED) is 0.775. The van der Waals surface area contributed by atoms with Gasteiger partial charge >= 0.3 is 0 Å². The number of methoxy groups -OCH3 is 1. The van der Waals surface area contributed by atoms with Crippen molar-refractivity contribution in [3.05, 3.63) is 41.1 Å². The van der Waals surface area contributed by atoms with Crippen molar-refractivity contribution >= 4 is 18.2 Å². The van der Waals surface area contributed by atoms with Crippen LogP contribution < -0.4 is 21.4 Å². The van der Waals surface area contributed by atoms with Crippen LogP contribution in [0, 0.1) is 22.7 Å². The largest absolute Gasteiger partial charge is 0.497 e. The van der Waals surface area contributed by atoms with Crippen LogP contribution in [0.1, 0.15) is 11.3 Å². The highest BCUT2D eigenvalue weighted by Crippen LogP contribution is 2.14. The standard InChI is InChI=1S/C15H14N8O/c1-19-23-13(8-17)12(7-16)14(18)22-15(23)21-9-20-10-3-5-11(24-2)6-4-10/h3-6,20H,1,9H2,2H3,(H2,18,21,22). The lowest BCUT2D eigenvalue weighted by molar-refractivity contribution is 0.415. The highest BCUT2D eigenvalue weighted by Gasteiger charge is 2.13. The van der Waals surface area contributed by atoms with Gasteiger partial charge in [0.15, 0.2) is 5.69 Å². The number of rotatable bonds is 5. The third kappa shape index (κ3) is 3.31. The van der Waals surface area contributed by atoms with E-state index in [0.717, 1.165) is 16.1 Å². The molecular weight excluding hydrogens is 308 g/mol. The Morgan fingerprint density at radius 1 is 1.33 bits per heavy atom. The van der Waals surface area contributed by atoms with Gasteiger partial charge in [-0.25, -0.2) is 4.99 Å². The second-order valence-corrected chi connectivity index (χ2v) is 4.42. The molecule has 0 unspecified atom stereocenters. The van der Waals surface area contributed by atoms with E-state index < -0.39 is 0 Å². The predicted octanol–water partition coefficient (Wildman–Crippen LogP) is 0.651. The molecule has 0 fully saturated rings. The van der Waals surface area contributed by atoms with Gasteiger partial charge in [-0.05, 0) is 24.3 Å². The SMILES string of the molecule is C=Nn1c(C#N)c(C#N)c(N)n/c1=N/CNc1ccc(OC)cc1. The van der Waals surface area contributed by atoms with Crippen LogP contribution in [-0.2, 0) is 0 Å². The lowest BCUT2D eigenvalue weighted by Crippen LogP contribution is -2.27. The van der Waals surface area contributed by atoms with Crippen LogP contribution in [-0.4, -0.2) is 30.2 Å². The average molecular weight is 322 g/mol. The molecule has 0 aliphatic carbocycles. The van der Waals surface area contributed by atoms with Crippen LogP contribution in [0.4, 0.5) is 11.5 Å². The minimum Gasteiger partial charge on any atom is -0.497 e. The zero-order valence-corrected chi connectivity index (χ0v) is 12.9. The van der Waals surface area contributed by atoms with Gasteiger partial charge in [-0.1, -0.05) is 0 Å². The Morgan fingerprint density at radius 3 is 2.58 bits per heavy atom. The third-order valence-corrected chi connectivity index (χ3v) is 3.07. The normalized spacial score (nSPS) is 10.5. The smallest absolute Gasteiger partial charge is 0.250 e. The fourth-order valence-electron chi connectivity index (χ4n) is 1.90. The number of nitrogens with two attached hydrogens (primary N) is 1. The monoisotopic (exact) mass is 322 g/mol. The van der Waals surface area contributed by atoms with Gasteiger partial charge in [-0.15, -0.1) is 0 Å². The number of anilines is 2. The molecule has 1 aromatic heterocycles. The van der Waals surface area contributed by atoms with Crippen LogP contribution in [0.15, 0.2) is 34.4 Å². The molecule has 3 N–H and O–H groups in total. The number of hydrogen-bond donors (Lipinski definition) is 2. The third-order valence-electron chi connectivity index (χ3n) is 3.07. The van der Waals surface area contributed by atoms with Crippen molar-refractivity contribution in [3.8, 4) is 17.9 Å². The van der Waals surface area contributed by atoms with Crippen LogP contribution >= 0.6 is 0 Å². The van der Waals surface area contributed by atoms with Crippen LogP contribution in [0.25, 0.3) is 0 Å². The van der Waals surface area contributed by atoms with Crippen molar-refractivity contribution in [2.75, 3.05) is 24.8 Å². The van der Waals surface area contributed by atoms with Gasteiger partial charge in [-0.2, -0.15) is 25.3 Å². The maximum Gasteiger partial charge on any atom is 0.250 e. The van der Waals surface area contributed by atoms with E-state index in [2.05, 4.69) is 27.1 Å². The van der Waals surface area contributed by atoms with Gasteiger partial charge in [0.25, 0.3) is 5.62 Å². The maximum atomic E-state index is 9.20. The fraction of sp³-hybridized carbons (Fsp3) is 0.133. The van der Waals surface area contributed by atoms with E-state index >= 15 is 0 Å². The summed E-state index contributed by atoms with van der Waals surface area (Å²) in [6, 6.07) is 10.9. The van der Waals surface area contributed by atoms with E-state index in [4.69, 9.17) is 15.7 Å². The van der Waals surface area contributed by atoms with Crippen molar-refractivity contribution in [2.45, 2.75) is 0 Å². The zero-order valence-electron chi connectivity index (χ0n) is 12.9. The number of hydrogen-bond acceptors (Lipinski definition) is 8. The van der Waals surface area contributed by atoms with E-state index in [1.807, 2.05) is 24.3 Å². The number of aromatic nitrogens is 2. The van der Waals surface area contributed by atoms with Crippen molar-refractivity contribution in [3.63, 3.8) is 0 Å². The van der Waals surface area contributed by atoms with Gasteiger partial charge in [0.1, 0.15) is 35.9 Å². The number of ether oxygens (including phenoxy) is 1. The number of nitrogen functional groups attached to an aromatic ring is 1. The van der Waals surface area contributed by atoms with E-state index in [1.54, 1.807) is 19.2 Å². The Balaban J connectivity index is 2.32. The molecule has 1 heterocycles. The van der Waals surface area contributed by atoms with Crippen molar-refractivity contribution < 1.29 is 4.74 Å². The molecule has 0 spiro atoms. The van der Waals surface area contributed by atoms with Crippen molar-refractivity contribution in [2.24, 2.45) is 10.1 Å². The van der Waals surface area contributed by atoms with Gasteiger partial charge in [0.2, 0.25) is 0 Å². The molecule has 0 saturated heterocycles. The van der Waals surface area contributed by atoms with Crippen LogP contribution in [0.2, 0.25) is 0 Å². The van der Waals surface area contributed by atoms with Gasteiger partial charge in [-0.3, -0.25) is 0 Å². The van der Waals surface area contributed by atoms with Crippen molar-refractivity contribution in [1.29, 1.82) is 10.5 Å². The molecule has 2 aromatic rings. The minimum atomic E-state index is -0.0860. The molecule has 0 amide bonds. The summed E-state index contributed by atoms with van der Waals surface area (Å²) in [6.45, 7) is 3.53. The molecule has 0 aliphatic rings.